The zero-order valence-corrected chi connectivity index (χ0v) is 26.1. The standard InChI is InChI=1S/C33H49N3O4/c1-11-12-13-20-36(31(38)27(21(2)3)35-32(39)40-33(8,9)10)29(26-22(4)16-14-17-23(26)5)30(37)34-28-24(6)18-15-19-25(28)7/h14-19,21,27,29H,11-13,20H2,1-10H3,(H,34,37)(H,35,39). The number of para-hydroxylation sites is 1. The summed E-state index contributed by atoms with van der Waals surface area (Å²) < 4.78 is 5.48. The second-order valence-corrected chi connectivity index (χ2v) is 12.1. The minimum Gasteiger partial charge on any atom is -0.444 e. The molecule has 0 aromatic heterocycles. The van der Waals surface area contributed by atoms with Gasteiger partial charge in [-0.25, -0.2) is 4.79 Å². The van der Waals surface area contributed by atoms with Crippen LogP contribution in [0, 0.1) is 33.6 Å². The fourth-order valence-corrected chi connectivity index (χ4v) is 4.92. The number of unbranched alkanes of at least 4 members (excludes halogenated alkanes) is 2. The average Bonchev–Trinajstić information content (AvgIpc) is 2.84. The Balaban J connectivity index is 2.64. The monoisotopic (exact) mass is 551 g/mol. The van der Waals surface area contributed by atoms with E-state index in [-0.39, 0.29) is 17.7 Å². The van der Waals surface area contributed by atoms with E-state index in [1.807, 2.05) is 77.9 Å². The summed E-state index contributed by atoms with van der Waals surface area (Å²) in [5.41, 5.74) is 4.59. The van der Waals surface area contributed by atoms with Crippen LogP contribution >= 0.6 is 0 Å². The minimum atomic E-state index is -0.883. The highest BCUT2D eigenvalue weighted by atomic mass is 16.6. The SMILES string of the molecule is CCCCCN(C(=O)C(NC(=O)OC(C)(C)C)C(C)C)C(C(=O)Nc1c(C)cccc1C)c1c(C)cccc1C. The summed E-state index contributed by atoms with van der Waals surface area (Å²) in [5.74, 6) is -0.810. The highest BCUT2D eigenvalue weighted by Gasteiger charge is 2.38. The van der Waals surface area contributed by atoms with Gasteiger partial charge in [-0.2, -0.15) is 0 Å². The van der Waals surface area contributed by atoms with Gasteiger partial charge in [0.15, 0.2) is 0 Å². The third kappa shape index (κ3) is 8.83. The number of benzene rings is 2. The number of carbonyl (C=O) groups excluding carboxylic acids is 3. The van der Waals surface area contributed by atoms with Gasteiger partial charge in [0, 0.05) is 12.2 Å². The van der Waals surface area contributed by atoms with Crippen LogP contribution in [0.1, 0.15) is 94.7 Å². The molecule has 0 aliphatic heterocycles. The molecular weight excluding hydrogens is 502 g/mol. The average molecular weight is 552 g/mol. The van der Waals surface area contributed by atoms with Gasteiger partial charge in [-0.05, 0) is 88.6 Å². The van der Waals surface area contributed by atoms with Crippen LogP contribution in [0.15, 0.2) is 36.4 Å². The molecule has 0 saturated carbocycles. The Morgan fingerprint density at radius 3 is 1.88 bits per heavy atom. The quantitative estimate of drug-likeness (QED) is 0.290. The van der Waals surface area contributed by atoms with Crippen molar-refractivity contribution < 1.29 is 19.1 Å². The van der Waals surface area contributed by atoms with Gasteiger partial charge < -0.3 is 20.3 Å². The van der Waals surface area contributed by atoms with Crippen molar-refractivity contribution in [2.45, 2.75) is 106 Å². The lowest BCUT2D eigenvalue weighted by Crippen LogP contribution is -2.54. The third-order valence-corrected chi connectivity index (χ3v) is 7.00. The number of ether oxygens (including phenoxy) is 1. The number of aryl methyl sites for hydroxylation is 4. The van der Waals surface area contributed by atoms with Gasteiger partial charge in [0.2, 0.25) is 5.91 Å². The molecule has 0 aliphatic rings. The van der Waals surface area contributed by atoms with Gasteiger partial charge in [0.1, 0.15) is 17.7 Å². The van der Waals surface area contributed by atoms with Crippen molar-refractivity contribution in [2.75, 3.05) is 11.9 Å². The summed E-state index contributed by atoms with van der Waals surface area (Å²) in [5, 5.41) is 5.95. The largest absolute Gasteiger partial charge is 0.444 e. The lowest BCUT2D eigenvalue weighted by molar-refractivity contribution is -0.141. The van der Waals surface area contributed by atoms with Gasteiger partial charge in [0.25, 0.3) is 5.91 Å². The van der Waals surface area contributed by atoms with Crippen LogP contribution in [0.4, 0.5) is 10.5 Å². The van der Waals surface area contributed by atoms with Crippen LogP contribution in [0.3, 0.4) is 0 Å². The van der Waals surface area contributed by atoms with E-state index in [9.17, 15) is 14.4 Å². The molecule has 0 fully saturated rings. The number of carbonyl (C=O) groups is 3. The molecule has 0 saturated heterocycles. The Hall–Kier alpha value is -3.35. The lowest BCUT2D eigenvalue weighted by atomic mass is 9.92. The van der Waals surface area contributed by atoms with Crippen LogP contribution in [-0.4, -0.2) is 41.0 Å². The smallest absolute Gasteiger partial charge is 0.408 e. The molecule has 2 aromatic rings. The van der Waals surface area contributed by atoms with E-state index in [1.165, 1.54) is 0 Å². The minimum absolute atomic E-state index is 0.228. The molecule has 7 nitrogen and oxygen atoms in total. The van der Waals surface area contributed by atoms with Crippen molar-refractivity contribution in [3.63, 3.8) is 0 Å². The van der Waals surface area contributed by atoms with E-state index in [1.54, 1.807) is 25.7 Å². The van der Waals surface area contributed by atoms with E-state index in [4.69, 9.17) is 4.74 Å². The number of hydrogen-bond donors (Lipinski definition) is 2. The number of nitrogens with one attached hydrogen (secondary N) is 2. The number of rotatable bonds is 11. The fourth-order valence-electron chi connectivity index (χ4n) is 4.92. The fraction of sp³-hybridized carbons (Fsp3) is 0.545. The molecule has 40 heavy (non-hydrogen) atoms. The highest BCUT2D eigenvalue weighted by molar-refractivity contribution is 6.00. The summed E-state index contributed by atoms with van der Waals surface area (Å²) in [7, 11) is 0. The number of amides is 3. The first-order valence-electron chi connectivity index (χ1n) is 14.4. The predicted octanol–water partition coefficient (Wildman–Crippen LogP) is 7.17. The molecule has 2 unspecified atom stereocenters. The van der Waals surface area contributed by atoms with E-state index in [0.29, 0.717) is 6.54 Å². The zero-order chi connectivity index (χ0) is 30.2. The number of alkyl carbamates (subject to hydrolysis) is 1. The molecule has 3 amide bonds. The number of anilines is 1. The Bertz CT molecular complexity index is 1140. The Morgan fingerprint density at radius 1 is 0.875 bits per heavy atom. The van der Waals surface area contributed by atoms with Gasteiger partial charge in [0.05, 0.1) is 0 Å². The molecule has 2 aromatic carbocycles. The first-order chi connectivity index (χ1) is 18.7. The topological polar surface area (TPSA) is 87.7 Å². The summed E-state index contributed by atoms with van der Waals surface area (Å²) >= 11 is 0. The molecule has 2 atom stereocenters. The lowest BCUT2D eigenvalue weighted by Gasteiger charge is -2.37. The molecule has 0 spiro atoms. The van der Waals surface area contributed by atoms with Crippen molar-refractivity contribution in [1.82, 2.24) is 10.2 Å². The van der Waals surface area contributed by atoms with Crippen molar-refractivity contribution in [1.29, 1.82) is 0 Å². The van der Waals surface area contributed by atoms with Crippen LogP contribution in [0.2, 0.25) is 0 Å². The Kier molecular flexibility index (Phi) is 11.8. The second kappa shape index (κ2) is 14.3. The van der Waals surface area contributed by atoms with Crippen molar-refractivity contribution in [3.05, 3.63) is 64.2 Å². The van der Waals surface area contributed by atoms with Crippen LogP contribution in [-0.2, 0) is 14.3 Å². The second-order valence-electron chi connectivity index (χ2n) is 12.1. The van der Waals surface area contributed by atoms with Crippen LogP contribution in [0.5, 0.6) is 0 Å². The maximum absolute atomic E-state index is 14.4. The molecule has 0 bridgehead atoms. The first kappa shape index (κ1) is 32.9. The molecule has 7 heteroatoms. The highest BCUT2D eigenvalue weighted by Crippen LogP contribution is 2.32. The Morgan fingerprint density at radius 2 is 1.40 bits per heavy atom. The summed E-state index contributed by atoms with van der Waals surface area (Å²) in [6.45, 7) is 19.4. The molecule has 2 rings (SSSR count). The number of nitrogens with zero attached hydrogens (tertiary/aromatic N) is 1. The summed E-state index contributed by atoms with van der Waals surface area (Å²) in [4.78, 5) is 43.1. The summed E-state index contributed by atoms with van der Waals surface area (Å²) in [6.07, 6.45) is 1.95. The molecule has 0 radical (unpaired) electrons. The van der Waals surface area contributed by atoms with Gasteiger partial charge >= 0.3 is 6.09 Å². The molecule has 2 N–H and O–H groups in total. The predicted molar refractivity (Wildman–Crippen MR) is 162 cm³/mol. The number of hydrogen-bond acceptors (Lipinski definition) is 4. The normalized spacial score (nSPS) is 13.0. The van der Waals surface area contributed by atoms with E-state index >= 15 is 0 Å². The summed E-state index contributed by atoms with van der Waals surface area (Å²) in [6, 6.07) is 10.0. The molecule has 0 heterocycles. The van der Waals surface area contributed by atoms with Crippen molar-refractivity contribution >= 4 is 23.6 Å². The van der Waals surface area contributed by atoms with E-state index < -0.39 is 23.8 Å². The maximum Gasteiger partial charge on any atom is 0.408 e. The first-order valence-corrected chi connectivity index (χ1v) is 14.4. The van der Waals surface area contributed by atoms with Crippen LogP contribution < -0.4 is 10.6 Å². The van der Waals surface area contributed by atoms with Crippen molar-refractivity contribution in [3.8, 4) is 0 Å². The molecular formula is C33H49N3O4. The Labute approximate surface area is 241 Å². The zero-order valence-electron chi connectivity index (χ0n) is 26.1. The van der Waals surface area contributed by atoms with Crippen molar-refractivity contribution in [2.24, 2.45) is 5.92 Å². The maximum atomic E-state index is 14.4. The third-order valence-electron chi connectivity index (χ3n) is 7.00. The van der Waals surface area contributed by atoms with Gasteiger partial charge in [-0.3, -0.25) is 9.59 Å². The van der Waals surface area contributed by atoms with E-state index in [0.717, 1.165) is 52.8 Å². The van der Waals surface area contributed by atoms with Crippen LogP contribution in [0.25, 0.3) is 0 Å². The van der Waals surface area contributed by atoms with E-state index in [2.05, 4.69) is 17.6 Å². The molecule has 220 valence electrons. The van der Waals surface area contributed by atoms with Gasteiger partial charge in [-0.1, -0.05) is 70.0 Å². The van der Waals surface area contributed by atoms with Gasteiger partial charge in [-0.15, -0.1) is 0 Å². The molecule has 0 aliphatic carbocycles.